The molecule has 0 aliphatic carbocycles. The molecule has 1 aromatic carbocycles. The van der Waals surface area contributed by atoms with E-state index >= 15 is 0 Å². The number of hydrogen-bond acceptors (Lipinski definition) is 4. The monoisotopic (exact) mass is 300 g/mol. The van der Waals surface area contributed by atoms with Gasteiger partial charge in [0.15, 0.2) is 6.61 Å². The van der Waals surface area contributed by atoms with Gasteiger partial charge in [-0.2, -0.15) is 5.26 Å². The van der Waals surface area contributed by atoms with Gasteiger partial charge in [0.1, 0.15) is 17.4 Å². The Kier molecular flexibility index (Phi) is 5.15. The average molecular weight is 300 g/mol. The van der Waals surface area contributed by atoms with E-state index in [2.05, 4.69) is 0 Å². The van der Waals surface area contributed by atoms with Crippen molar-refractivity contribution in [2.45, 2.75) is 12.8 Å². The number of amides is 1. The summed E-state index contributed by atoms with van der Waals surface area (Å²) in [4.78, 5) is 24.5. The topological polar surface area (TPSA) is 90.6 Å². The molecule has 0 unspecified atom stereocenters. The molecule has 2 rings (SSSR count). The maximum absolute atomic E-state index is 12.3. The third kappa shape index (κ3) is 3.85. The fraction of sp³-hybridized carbons (Fsp3) is 0.312. The maximum atomic E-state index is 12.3. The van der Waals surface area contributed by atoms with E-state index in [1.54, 1.807) is 29.2 Å². The lowest BCUT2D eigenvalue weighted by atomic mass is 10.1. The zero-order chi connectivity index (χ0) is 15.9. The molecular weight excluding hydrogens is 284 g/mol. The van der Waals surface area contributed by atoms with Crippen LogP contribution in [0.2, 0.25) is 0 Å². The zero-order valence-corrected chi connectivity index (χ0v) is 12.0. The Morgan fingerprint density at radius 2 is 2.00 bits per heavy atom. The highest BCUT2D eigenvalue weighted by molar-refractivity contribution is 6.02. The molecule has 0 radical (unpaired) electrons. The van der Waals surface area contributed by atoms with E-state index in [0.717, 1.165) is 12.8 Å². The molecule has 114 valence electrons. The number of para-hydroxylation sites is 1. The Morgan fingerprint density at radius 3 is 2.64 bits per heavy atom. The molecule has 22 heavy (non-hydrogen) atoms. The lowest BCUT2D eigenvalue weighted by Gasteiger charge is -2.14. The minimum absolute atomic E-state index is 0.0216. The summed E-state index contributed by atoms with van der Waals surface area (Å²) in [5.74, 6) is -1.06. The lowest BCUT2D eigenvalue weighted by Crippen LogP contribution is -2.28. The van der Waals surface area contributed by atoms with Gasteiger partial charge < -0.3 is 14.7 Å². The van der Waals surface area contributed by atoms with Crippen molar-refractivity contribution < 1.29 is 19.4 Å². The summed E-state index contributed by atoms with van der Waals surface area (Å²) in [5.41, 5.74) is 0.529. The van der Waals surface area contributed by atoms with Crippen molar-refractivity contribution in [3.63, 3.8) is 0 Å². The van der Waals surface area contributed by atoms with Gasteiger partial charge in [-0.15, -0.1) is 0 Å². The van der Waals surface area contributed by atoms with Crippen molar-refractivity contribution in [3.05, 3.63) is 35.4 Å². The van der Waals surface area contributed by atoms with Gasteiger partial charge in [0.05, 0.1) is 0 Å². The van der Waals surface area contributed by atoms with Crippen LogP contribution in [-0.2, 0) is 9.59 Å². The summed E-state index contributed by atoms with van der Waals surface area (Å²) in [6.07, 6.45) is 3.34. The molecule has 0 atom stereocenters. The number of nitrogens with zero attached hydrogens (tertiary/aromatic N) is 2. The predicted octanol–water partition coefficient (Wildman–Crippen LogP) is 1.68. The summed E-state index contributed by atoms with van der Waals surface area (Å²) in [6.45, 7) is 0.844. The van der Waals surface area contributed by atoms with Gasteiger partial charge in [0, 0.05) is 18.7 Å². The number of carbonyl (C=O) groups is 2. The van der Waals surface area contributed by atoms with Crippen LogP contribution in [0.3, 0.4) is 0 Å². The Hall–Kier alpha value is -2.81. The Bertz CT molecular complexity index is 640. The number of hydrogen-bond donors (Lipinski definition) is 1. The van der Waals surface area contributed by atoms with Crippen LogP contribution in [0.4, 0.5) is 0 Å². The number of likely N-dealkylation sites (tertiary alicyclic amines) is 1. The van der Waals surface area contributed by atoms with Gasteiger partial charge in [-0.05, 0) is 25.0 Å². The highest BCUT2D eigenvalue weighted by Gasteiger charge is 2.21. The van der Waals surface area contributed by atoms with Crippen molar-refractivity contribution in [2.24, 2.45) is 0 Å². The third-order valence-electron chi connectivity index (χ3n) is 3.31. The summed E-state index contributed by atoms with van der Waals surface area (Å²) >= 11 is 0. The molecule has 1 aliphatic heterocycles. The summed E-state index contributed by atoms with van der Waals surface area (Å²) in [7, 11) is 0. The SMILES string of the molecule is N#C/C(=C\c1ccccc1OCC(=O)O)C(=O)N1CCCC1. The molecule has 1 saturated heterocycles. The average Bonchev–Trinajstić information content (AvgIpc) is 3.05. The smallest absolute Gasteiger partial charge is 0.341 e. The van der Waals surface area contributed by atoms with Crippen molar-refractivity contribution in [1.29, 1.82) is 5.26 Å². The van der Waals surface area contributed by atoms with Crippen LogP contribution in [0.5, 0.6) is 5.75 Å². The molecule has 6 heteroatoms. The molecule has 1 N–H and O–H groups in total. The first-order chi connectivity index (χ1) is 10.6. The Morgan fingerprint density at radius 1 is 1.32 bits per heavy atom. The second kappa shape index (κ2) is 7.27. The van der Waals surface area contributed by atoms with E-state index in [0.29, 0.717) is 24.4 Å². The molecule has 1 fully saturated rings. The molecule has 0 bridgehead atoms. The third-order valence-corrected chi connectivity index (χ3v) is 3.31. The molecular formula is C16H16N2O4. The van der Waals surface area contributed by atoms with E-state index in [9.17, 15) is 14.9 Å². The van der Waals surface area contributed by atoms with Crippen LogP contribution in [-0.4, -0.2) is 41.6 Å². The van der Waals surface area contributed by atoms with Crippen LogP contribution >= 0.6 is 0 Å². The number of aliphatic carboxylic acids is 1. The molecule has 1 amide bonds. The number of ether oxygens (including phenoxy) is 1. The van der Waals surface area contributed by atoms with Gasteiger partial charge in [-0.25, -0.2) is 4.79 Å². The summed E-state index contributed by atoms with van der Waals surface area (Å²) < 4.78 is 5.17. The molecule has 0 aromatic heterocycles. The molecule has 1 aliphatic rings. The Labute approximate surface area is 128 Å². The minimum atomic E-state index is -1.09. The minimum Gasteiger partial charge on any atom is -0.481 e. The van der Waals surface area contributed by atoms with Gasteiger partial charge >= 0.3 is 5.97 Å². The predicted molar refractivity (Wildman–Crippen MR) is 79.0 cm³/mol. The van der Waals surface area contributed by atoms with Crippen LogP contribution < -0.4 is 4.74 Å². The first-order valence-electron chi connectivity index (χ1n) is 6.96. The second-order valence-corrected chi connectivity index (χ2v) is 4.89. The quantitative estimate of drug-likeness (QED) is 0.660. The maximum Gasteiger partial charge on any atom is 0.341 e. The van der Waals surface area contributed by atoms with Crippen LogP contribution in [0.15, 0.2) is 29.8 Å². The number of carboxylic acids is 1. The molecule has 0 spiro atoms. The number of benzene rings is 1. The van der Waals surface area contributed by atoms with Gasteiger partial charge in [0.2, 0.25) is 0 Å². The fourth-order valence-electron chi connectivity index (χ4n) is 2.26. The molecule has 1 aromatic rings. The van der Waals surface area contributed by atoms with Crippen molar-refractivity contribution in [1.82, 2.24) is 4.90 Å². The van der Waals surface area contributed by atoms with E-state index in [1.165, 1.54) is 6.08 Å². The number of nitriles is 1. The van der Waals surface area contributed by atoms with E-state index in [1.807, 2.05) is 6.07 Å². The molecule has 1 heterocycles. The number of carboxylic acid groups (broad SMARTS) is 1. The zero-order valence-electron chi connectivity index (χ0n) is 12.0. The normalized spacial score (nSPS) is 14.5. The highest BCUT2D eigenvalue weighted by Crippen LogP contribution is 2.22. The van der Waals surface area contributed by atoms with Gasteiger partial charge in [-0.1, -0.05) is 18.2 Å². The van der Waals surface area contributed by atoms with Crippen LogP contribution in [0.25, 0.3) is 6.08 Å². The van der Waals surface area contributed by atoms with E-state index in [-0.39, 0.29) is 11.5 Å². The van der Waals surface area contributed by atoms with Crippen molar-refractivity contribution >= 4 is 18.0 Å². The van der Waals surface area contributed by atoms with E-state index in [4.69, 9.17) is 9.84 Å². The highest BCUT2D eigenvalue weighted by atomic mass is 16.5. The first-order valence-corrected chi connectivity index (χ1v) is 6.96. The second-order valence-electron chi connectivity index (χ2n) is 4.89. The number of rotatable bonds is 5. The largest absolute Gasteiger partial charge is 0.481 e. The first kappa shape index (κ1) is 15.6. The van der Waals surface area contributed by atoms with Crippen molar-refractivity contribution in [3.8, 4) is 11.8 Å². The van der Waals surface area contributed by atoms with Crippen LogP contribution in [0, 0.1) is 11.3 Å². The number of carbonyl (C=O) groups excluding carboxylic acids is 1. The summed E-state index contributed by atoms with van der Waals surface area (Å²) in [6, 6.07) is 8.62. The fourth-order valence-corrected chi connectivity index (χ4v) is 2.26. The standard InChI is InChI=1S/C16H16N2O4/c17-10-13(16(21)18-7-3-4-8-18)9-12-5-1-2-6-14(12)22-11-15(19)20/h1-2,5-6,9H,3-4,7-8,11H2,(H,19,20)/b13-9+. The van der Waals surface area contributed by atoms with Gasteiger partial charge in [-0.3, -0.25) is 4.79 Å². The molecule has 0 saturated carbocycles. The summed E-state index contributed by atoms with van der Waals surface area (Å²) in [5, 5.41) is 17.9. The van der Waals surface area contributed by atoms with Crippen LogP contribution in [0.1, 0.15) is 18.4 Å². The van der Waals surface area contributed by atoms with Gasteiger partial charge in [0.25, 0.3) is 5.91 Å². The lowest BCUT2D eigenvalue weighted by molar-refractivity contribution is -0.139. The van der Waals surface area contributed by atoms with Crippen molar-refractivity contribution in [2.75, 3.05) is 19.7 Å². The Balaban J connectivity index is 2.23. The molecule has 6 nitrogen and oxygen atoms in total. The van der Waals surface area contributed by atoms with E-state index < -0.39 is 12.6 Å².